The maximum absolute atomic E-state index is 11.9. The van der Waals surface area contributed by atoms with Gasteiger partial charge in [0.05, 0.1) is 24.4 Å². The van der Waals surface area contributed by atoms with Crippen LogP contribution < -0.4 is 0 Å². The third-order valence-electron chi connectivity index (χ3n) is 1.55. The smallest absolute Gasteiger partial charge is 0.244 e. The van der Waals surface area contributed by atoms with Crippen LogP contribution in [-0.2, 0) is 20.1 Å². The highest BCUT2D eigenvalue weighted by Gasteiger charge is 2.09. The SMILES string of the molecule is Cn1nc(CC(F)F)cc1CO. The van der Waals surface area contributed by atoms with Crippen LogP contribution in [0.5, 0.6) is 0 Å². The fourth-order valence-electron chi connectivity index (χ4n) is 0.977. The minimum Gasteiger partial charge on any atom is -0.390 e. The summed E-state index contributed by atoms with van der Waals surface area (Å²) >= 11 is 0. The predicted octanol–water partition coefficient (Wildman–Crippen LogP) is 0.720. The first-order chi connectivity index (χ1) is 5.63. The molecule has 12 heavy (non-hydrogen) atoms. The average molecular weight is 176 g/mol. The Labute approximate surface area is 68.6 Å². The molecule has 0 atom stereocenters. The van der Waals surface area contributed by atoms with E-state index in [1.807, 2.05) is 0 Å². The molecule has 5 heteroatoms. The van der Waals surface area contributed by atoms with E-state index in [0.29, 0.717) is 11.4 Å². The lowest BCUT2D eigenvalue weighted by atomic mass is 10.3. The van der Waals surface area contributed by atoms with Crippen LogP contribution in [-0.4, -0.2) is 21.3 Å². The van der Waals surface area contributed by atoms with E-state index in [0.717, 1.165) is 0 Å². The molecule has 1 aromatic heterocycles. The van der Waals surface area contributed by atoms with Crippen molar-refractivity contribution in [1.82, 2.24) is 9.78 Å². The van der Waals surface area contributed by atoms with Crippen LogP contribution >= 0.6 is 0 Å². The van der Waals surface area contributed by atoms with E-state index in [2.05, 4.69) is 5.10 Å². The highest BCUT2D eigenvalue weighted by molar-refractivity contribution is 5.09. The molecule has 0 aromatic carbocycles. The molecule has 1 N–H and O–H groups in total. The summed E-state index contributed by atoms with van der Waals surface area (Å²) in [6, 6.07) is 1.48. The second-order valence-electron chi connectivity index (χ2n) is 2.50. The molecule has 0 aliphatic rings. The van der Waals surface area contributed by atoms with Gasteiger partial charge in [-0.15, -0.1) is 0 Å². The van der Waals surface area contributed by atoms with Gasteiger partial charge in [-0.1, -0.05) is 0 Å². The quantitative estimate of drug-likeness (QED) is 0.736. The van der Waals surface area contributed by atoms with E-state index in [1.54, 1.807) is 7.05 Å². The van der Waals surface area contributed by atoms with Gasteiger partial charge in [0.2, 0.25) is 6.43 Å². The fourth-order valence-corrected chi connectivity index (χ4v) is 0.977. The molecule has 0 aliphatic carbocycles. The summed E-state index contributed by atoms with van der Waals surface area (Å²) in [5, 5.41) is 12.5. The van der Waals surface area contributed by atoms with E-state index in [1.165, 1.54) is 10.7 Å². The summed E-state index contributed by atoms with van der Waals surface area (Å²) in [6.07, 6.45) is -2.74. The number of hydrogen-bond acceptors (Lipinski definition) is 2. The molecular weight excluding hydrogens is 166 g/mol. The van der Waals surface area contributed by atoms with Gasteiger partial charge in [-0.3, -0.25) is 4.68 Å². The van der Waals surface area contributed by atoms with Crippen LogP contribution in [0.15, 0.2) is 6.07 Å². The van der Waals surface area contributed by atoms with Crippen molar-refractivity contribution in [2.24, 2.45) is 7.05 Å². The number of alkyl halides is 2. The molecule has 0 radical (unpaired) electrons. The molecule has 0 amide bonds. The number of hydrogen-bond donors (Lipinski definition) is 1. The highest BCUT2D eigenvalue weighted by atomic mass is 19.3. The van der Waals surface area contributed by atoms with Gasteiger partial charge in [0.25, 0.3) is 0 Å². The minimum atomic E-state index is -2.38. The summed E-state index contributed by atoms with van der Waals surface area (Å²) < 4.78 is 25.1. The second kappa shape index (κ2) is 3.62. The van der Waals surface area contributed by atoms with E-state index >= 15 is 0 Å². The molecule has 1 aromatic rings. The van der Waals surface area contributed by atoms with Gasteiger partial charge >= 0.3 is 0 Å². The maximum Gasteiger partial charge on any atom is 0.244 e. The summed E-state index contributed by atoms with van der Waals surface area (Å²) in [5.41, 5.74) is 0.863. The predicted molar refractivity (Wildman–Crippen MR) is 38.8 cm³/mol. The Morgan fingerprint density at radius 1 is 1.67 bits per heavy atom. The first-order valence-electron chi connectivity index (χ1n) is 3.54. The average Bonchev–Trinajstić information content (AvgIpc) is 2.29. The highest BCUT2D eigenvalue weighted by Crippen LogP contribution is 2.07. The molecule has 0 fully saturated rings. The topological polar surface area (TPSA) is 38.0 Å². The van der Waals surface area contributed by atoms with Crippen molar-refractivity contribution in [1.29, 1.82) is 0 Å². The van der Waals surface area contributed by atoms with Crippen LogP contribution in [0.4, 0.5) is 8.78 Å². The summed E-state index contributed by atoms with van der Waals surface area (Å²) in [4.78, 5) is 0. The zero-order valence-corrected chi connectivity index (χ0v) is 6.67. The zero-order chi connectivity index (χ0) is 9.14. The van der Waals surface area contributed by atoms with Crippen molar-refractivity contribution in [2.75, 3.05) is 0 Å². The number of aliphatic hydroxyl groups excluding tert-OH is 1. The maximum atomic E-state index is 11.9. The lowest BCUT2D eigenvalue weighted by Crippen LogP contribution is -1.99. The van der Waals surface area contributed by atoms with Gasteiger partial charge < -0.3 is 5.11 Å². The Kier molecular flexibility index (Phi) is 2.75. The van der Waals surface area contributed by atoms with E-state index in [-0.39, 0.29) is 13.0 Å². The Balaban J connectivity index is 2.75. The number of aliphatic hydroxyl groups is 1. The Morgan fingerprint density at radius 3 is 2.75 bits per heavy atom. The molecule has 0 spiro atoms. The van der Waals surface area contributed by atoms with Crippen LogP contribution in [0.3, 0.4) is 0 Å². The van der Waals surface area contributed by atoms with Gasteiger partial charge in [0.15, 0.2) is 0 Å². The van der Waals surface area contributed by atoms with Crippen molar-refractivity contribution in [3.63, 3.8) is 0 Å². The van der Waals surface area contributed by atoms with Crippen molar-refractivity contribution in [3.8, 4) is 0 Å². The lowest BCUT2D eigenvalue weighted by Gasteiger charge is -1.93. The van der Waals surface area contributed by atoms with Crippen LogP contribution in [0.1, 0.15) is 11.4 Å². The molecule has 0 aliphatic heterocycles. The summed E-state index contributed by atoms with van der Waals surface area (Å²) in [5.74, 6) is 0. The van der Waals surface area contributed by atoms with Crippen molar-refractivity contribution in [3.05, 3.63) is 17.5 Å². The number of halogens is 2. The molecule has 3 nitrogen and oxygen atoms in total. The van der Waals surface area contributed by atoms with Crippen molar-refractivity contribution >= 4 is 0 Å². The molecule has 0 unspecified atom stereocenters. The molecule has 68 valence electrons. The van der Waals surface area contributed by atoms with Crippen molar-refractivity contribution in [2.45, 2.75) is 19.5 Å². The normalized spacial score (nSPS) is 11.1. The fraction of sp³-hybridized carbons (Fsp3) is 0.571. The van der Waals surface area contributed by atoms with E-state index < -0.39 is 6.43 Å². The molecule has 0 bridgehead atoms. The molecule has 0 saturated heterocycles. The minimum absolute atomic E-state index is 0.174. The van der Waals surface area contributed by atoms with Crippen LogP contribution in [0, 0.1) is 0 Å². The Hall–Kier alpha value is -0.970. The van der Waals surface area contributed by atoms with Gasteiger partial charge in [-0.05, 0) is 6.07 Å². The largest absolute Gasteiger partial charge is 0.390 e. The summed E-state index contributed by atoms with van der Waals surface area (Å²) in [7, 11) is 1.61. The molecule has 1 heterocycles. The number of nitrogens with zero attached hydrogens (tertiary/aromatic N) is 2. The third kappa shape index (κ3) is 2.01. The Bertz CT molecular complexity index is 260. The second-order valence-corrected chi connectivity index (χ2v) is 2.50. The van der Waals surface area contributed by atoms with Gasteiger partial charge in [0.1, 0.15) is 0 Å². The van der Waals surface area contributed by atoms with Crippen LogP contribution in [0.25, 0.3) is 0 Å². The van der Waals surface area contributed by atoms with E-state index in [9.17, 15) is 8.78 Å². The third-order valence-corrected chi connectivity index (χ3v) is 1.55. The van der Waals surface area contributed by atoms with Gasteiger partial charge in [-0.2, -0.15) is 5.10 Å². The van der Waals surface area contributed by atoms with E-state index in [4.69, 9.17) is 5.11 Å². The number of rotatable bonds is 3. The summed E-state index contributed by atoms with van der Waals surface area (Å²) in [6.45, 7) is -0.174. The molecule has 0 saturated carbocycles. The Morgan fingerprint density at radius 2 is 2.33 bits per heavy atom. The van der Waals surface area contributed by atoms with Crippen molar-refractivity contribution < 1.29 is 13.9 Å². The first-order valence-corrected chi connectivity index (χ1v) is 3.54. The number of aryl methyl sites for hydroxylation is 1. The standard InChI is InChI=1S/C7H10F2N2O/c1-11-6(4-12)2-5(10-11)3-7(8)9/h2,7,12H,3-4H2,1H3. The zero-order valence-electron chi connectivity index (χ0n) is 6.67. The van der Waals surface area contributed by atoms with Gasteiger partial charge in [0, 0.05) is 7.05 Å². The monoisotopic (exact) mass is 176 g/mol. The lowest BCUT2D eigenvalue weighted by molar-refractivity contribution is 0.147. The molecule has 1 rings (SSSR count). The number of aromatic nitrogens is 2. The first kappa shape index (κ1) is 9.12. The molecular formula is C7H10F2N2O. The van der Waals surface area contributed by atoms with Gasteiger partial charge in [-0.25, -0.2) is 8.78 Å². The van der Waals surface area contributed by atoms with Crippen LogP contribution in [0.2, 0.25) is 0 Å².